The first-order valence-electron chi connectivity index (χ1n) is 9.24. The average Bonchev–Trinajstić information content (AvgIpc) is 3.46. The lowest BCUT2D eigenvalue weighted by atomic mass is 10.1. The molecule has 0 unspecified atom stereocenters. The van der Waals surface area contributed by atoms with Crippen LogP contribution in [0.15, 0.2) is 18.2 Å². The second kappa shape index (κ2) is 8.46. The molecule has 1 aromatic carbocycles. The molecule has 2 fully saturated rings. The number of nitrogens with one attached hydrogen (secondary N) is 1. The van der Waals surface area contributed by atoms with Gasteiger partial charge in [-0.15, -0.1) is 0 Å². The van der Waals surface area contributed by atoms with Crippen LogP contribution in [0.1, 0.15) is 42.5 Å². The van der Waals surface area contributed by atoms with E-state index < -0.39 is 4.92 Å². The van der Waals surface area contributed by atoms with Crippen molar-refractivity contribution in [2.45, 2.75) is 44.2 Å². The highest BCUT2D eigenvalue weighted by atomic mass is 16.6. The Labute approximate surface area is 152 Å². The number of carbonyl (C=O) groups excluding carboxylic acids is 1. The van der Waals surface area contributed by atoms with Crippen LogP contribution in [0.25, 0.3) is 0 Å². The highest BCUT2D eigenvalue weighted by Crippen LogP contribution is 2.32. The summed E-state index contributed by atoms with van der Waals surface area (Å²) in [6.07, 6.45) is 4.61. The molecule has 1 aliphatic carbocycles. The first kappa shape index (κ1) is 18.6. The van der Waals surface area contributed by atoms with Crippen LogP contribution >= 0.6 is 0 Å². The number of nitro groups is 1. The Morgan fingerprint density at radius 1 is 1.31 bits per heavy atom. The van der Waals surface area contributed by atoms with Gasteiger partial charge in [0, 0.05) is 37.4 Å². The third kappa shape index (κ3) is 4.70. The van der Waals surface area contributed by atoms with Gasteiger partial charge in [0.2, 0.25) is 0 Å². The van der Waals surface area contributed by atoms with Crippen LogP contribution < -0.4 is 11.1 Å². The van der Waals surface area contributed by atoms with Gasteiger partial charge in [-0.05, 0) is 50.8 Å². The Morgan fingerprint density at radius 3 is 2.65 bits per heavy atom. The number of hydrogen-bond donors (Lipinski definition) is 2. The molecule has 8 nitrogen and oxygen atoms in total. The predicted molar refractivity (Wildman–Crippen MR) is 98.3 cm³/mol. The van der Waals surface area contributed by atoms with Crippen molar-refractivity contribution in [3.63, 3.8) is 0 Å². The van der Waals surface area contributed by atoms with Crippen molar-refractivity contribution >= 4 is 17.3 Å². The SMILES string of the molecule is NCCCOC1CCN(C(=O)c2ccc(NC3CC3)c([N+](=O)[O-])c2)CC1. The second-order valence-electron chi connectivity index (χ2n) is 6.91. The van der Waals surface area contributed by atoms with Crippen LogP contribution in [-0.4, -0.2) is 54.1 Å². The maximum Gasteiger partial charge on any atom is 0.293 e. The van der Waals surface area contributed by atoms with Crippen LogP contribution in [0.5, 0.6) is 0 Å². The van der Waals surface area contributed by atoms with Gasteiger partial charge >= 0.3 is 0 Å². The summed E-state index contributed by atoms with van der Waals surface area (Å²) in [5.74, 6) is -0.161. The Kier molecular flexibility index (Phi) is 6.05. The van der Waals surface area contributed by atoms with Crippen LogP contribution in [0.3, 0.4) is 0 Å². The van der Waals surface area contributed by atoms with Gasteiger partial charge in [-0.3, -0.25) is 14.9 Å². The van der Waals surface area contributed by atoms with Crippen LogP contribution in [0.2, 0.25) is 0 Å². The van der Waals surface area contributed by atoms with Gasteiger partial charge in [-0.2, -0.15) is 0 Å². The molecular formula is C18H26N4O4. The highest BCUT2D eigenvalue weighted by molar-refractivity contribution is 5.95. The molecule has 3 N–H and O–H groups in total. The number of nitrogens with zero attached hydrogens (tertiary/aromatic N) is 2. The summed E-state index contributed by atoms with van der Waals surface area (Å²) >= 11 is 0. The molecular weight excluding hydrogens is 336 g/mol. The Hall–Kier alpha value is -2.19. The van der Waals surface area contributed by atoms with E-state index in [0.29, 0.717) is 43.5 Å². The van der Waals surface area contributed by atoms with E-state index in [2.05, 4.69) is 5.32 Å². The molecule has 142 valence electrons. The molecule has 1 saturated carbocycles. The summed E-state index contributed by atoms with van der Waals surface area (Å²) in [6, 6.07) is 5.01. The van der Waals surface area contributed by atoms with E-state index in [1.165, 1.54) is 6.07 Å². The zero-order chi connectivity index (χ0) is 18.5. The number of rotatable bonds is 8. The van der Waals surface area contributed by atoms with Crippen LogP contribution in [0.4, 0.5) is 11.4 Å². The van der Waals surface area contributed by atoms with E-state index in [-0.39, 0.29) is 17.7 Å². The molecule has 1 amide bonds. The molecule has 1 aromatic rings. The van der Waals surface area contributed by atoms with Gasteiger partial charge in [0.25, 0.3) is 11.6 Å². The standard InChI is InChI=1S/C18H26N4O4/c19-8-1-11-26-15-6-9-21(10-7-15)18(23)13-2-5-16(20-14-3-4-14)17(12-13)22(24)25/h2,5,12,14-15,20H,1,3-4,6-11,19H2. The molecule has 0 atom stereocenters. The number of nitro benzene ring substituents is 1. The van der Waals surface area contributed by atoms with Gasteiger partial charge in [0.1, 0.15) is 5.69 Å². The molecule has 3 rings (SSSR count). The molecule has 1 saturated heterocycles. The third-order valence-corrected chi connectivity index (χ3v) is 4.81. The monoisotopic (exact) mass is 362 g/mol. The largest absolute Gasteiger partial charge is 0.378 e. The van der Waals surface area contributed by atoms with Crippen molar-refractivity contribution in [1.29, 1.82) is 0 Å². The Bertz CT molecular complexity index is 655. The number of amides is 1. The first-order valence-corrected chi connectivity index (χ1v) is 9.24. The maximum absolute atomic E-state index is 12.7. The molecule has 1 aliphatic heterocycles. The van der Waals surface area contributed by atoms with Crippen molar-refractivity contribution < 1.29 is 14.5 Å². The fourth-order valence-corrected chi connectivity index (χ4v) is 3.13. The van der Waals surface area contributed by atoms with Crippen molar-refractivity contribution in [3.8, 4) is 0 Å². The lowest BCUT2D eigenvalue weighted by Crippen LogP contribution is -2.41. The van der Waals surface area contributed by atoms with Gasteiger partial charge in [-0.25, -0.2) is 0 Å². The lowest BCUT2D eigenvalue weighted by Gasteiger charge is -2.32. The molecule has 0 bridgehead atoms. The Morgan fingerprint density at radius 2 is 2.04 bits per heavy atom. The molecule has 0 spiro atoms. The number of nitrogens with two attached hydrogens (primary N) is 1. The second-order valence-corrected chi connectivity index (χ2v) is 6.91. The summed E-state index contributed by atoms with van der Waals surface area (Å²) in [5.41, 5.74) is 6.27. The number of benzene rings is 1. The number of carbonyl (C=O) groups is 1. The highest BCUT2D eigenvalue weighted by Gasteiger charge is 2.28. The quantitative estimate of drug-likeness (QED) is 0.416. The topological polar surface area (TPSA) is 111 Å². The van der Waals surface area contributed by atoms with Crippen LogP contribution in [0, 0.1) is 10.1 Å². The van der Waals surface area contributed by atoms with Crippen molar-refractivity contribution in [2.24, 2.45) is 5.73 Å². The molecule has 1 heterocycles. The molecule has 26 heavy (non-hydrogen) atoms. The number of piperidine rings is 1. The minimum Gasteiger partial charge on any atom is -0.378 e. The summed E-state index contributed by atoms with van der Waals surface area (Å²) in [7, 11) is 0. The fourth-order valence-electron chi connectivity index (χ4n) is 3.13. The third-order valence-electron chi connectivity index (χ3n) is 4.81. The Balaban J connectivity index is 1.61. The smallest absolute Gasteiger partial charge is 0.293 e. The van der Waals surface area contributed by atoms with Crippen molar-refractivity contribution in [3.05, 3.63) is 33.9 Å². The lowest BCUT2D eigenvalue weighted by molar-refractivity contribution is -0.384. The molecule has 2 aliphatic rings. The van der Waals surface area contributed by atoms with Gasteiger partial charge in [0.05, 0.1) is 11.0 Å². The molecule has 0 radical (unpaired) electrons. The van der Waals surface area contributed by atoms with Crippen molar-refractivity contribution in [2.75, 3.05) is 31.6 Å². The molecule has 8 heteroatoms. The number of hydrogen-bond acceptors (Lipinski definition) is 6. The summed E-state index contributed by atoms with van der Waals surface area (Å²) in [4.78, 5) is 25.4. The maximum atomic E-state index is 12.7. The van der Waals surface area contributed by atoms with E-state index in [9.17, 15) is 14.9 Å². The van der Waals surface area contributed by atoms with E-state index in [1.54, 1.807) is 17.0 Å². The zero-order valence-corrected chi connectivity index (χ0v) is 14.9. The predicted octanol–water partition coefficient (Wildman–Crippen LogP) is 2.14. The van der Waals surface area contributed by atoms with Gasteiger partial charge < -0.3 is 20.7 Å². The van der Waals surface area contributed by atoms with E-state index in [1.807, 2.05) is 0 Å². The van der Waals surface area contributed by atoms with Crippen LogP contribution in [-0.2, 0) is 4.74 Å². The van der Waals surface area contributed by atoms with Crippen molar-refractivity contribution in [1.82, 2.24) is 4.90 Å². The van der Waals surface area contributed by atoms with Gasteiger partial charge in [-0.1, -0.05) is 0 Å². The summed E-state index contributed by atoms with van der Waals surface area (Å²) in [6.45, 7) is 2.46. The minimum absolute atomic E-state index is 0.0391. The van der Waals surface area contributed by atoms with E-state index in [4.69, 9.17) is 10.5 Å². The van der Waals surface area contributed by atoms with E-state index >= 15 is 0 Å². The molecule has 0 aromatic heterocycles. The van der Waals surface area contributed by atoms with E-state index in [0.717, 1.165) is 32.1 Å². The van der Waals surface area contributed by atoms with Gasteiger partial charge in [0.15, 0.2) is 0 Å². The minimum atomic E-state index is -0.432. The number of ether oxygens (including phenoxy) is 1. The first-order chi connectivity index (χ1) is 12.6. The fraction of sp³-hybridized carbons (Fsp3) is 0.611. The average molecular weight is 362 g/mol. The summed E-state index contributed by atoms with van der Waals surface area (Å²) in [5, 5.41) is 14.5. The number of anilines is 1. The zero-order valence-electron chi connectivity index (χ0n) is 14.9. The normalized spacial score (nSPS) is 18.0. The number of likely N-dealkylation sites (tertiary alicyclic amines) is 1. The summed E-state index contributed by atoms with van der Waals surface area (Å²) < 4.78 is 5.75.